The Kier molecular flexibility index (Phi) is 4.53. The molecule has 1 aliphatic rings. The Balaban J connectivity index is 1.64. The molecule has 3 rings (SSSR count). The molecule has 0 aromatic carbocycles. The monoisotopic (exact) mass is 318 g/mol. The minimum absolute atomic E-state index is 0.00831. The molecule has 0 spiro atoms. The van der Waals surface area contributed by atoms with Crippen molar-refractivity contribution in [2.24, 2.45) is 0 Å². The lowest BCUT2D eigenvalue weighted by Crippen LogP contribution is -2.37. The van der Waals surface area contributed by atoms with Crippen LogP contribution < -0.4 is 15.0 Å². The zero-order chi connectivity index (χ0) is 15.4. The van der Waals surface area contributed by atoms with Crippen molar-refractivity contribution in [2.75, 3.05) is 24.6 Å². The summed E-state index contributed by atoms with van der Waals surface area (Å²) in [5.74, 6) is 1.29. The van der Waals surface area contributed by atoms with Crippen LogP contribution in [0, 0.1) is 0 Å². The van der Waals surface area contributed by atoms with Crippen molar-refractivity contribution >= 4 is 23.1 Å². The molecule has 2 aromatic heterocycles. The van der Waals surface area contributed by atoms with Crippen LogP contribution in [-0.4, -0.2) is 41.6 Å². The molecule has 1 atom stereocenters. The first-order valence-corrected chi connectivity index (χ1v) is 8.19. The molecule has 2 aromatic rings. The maximum absolute atomic E-state index is 12.1. The molecule has 0 bridgehead atoms. The Morgan fingerprint density at radius 3 is 3.14 bits per heavy atom. The number of carbonyl (C=O) groups is 1. The average Bonchev–Trinajstić information content (AvgIpc) is 3.19. The van der Waals surface area contributed by atoms with Gasteiger partial charge < -0.3 is 15.0 Å². The molecule has 1 N–H and O–H groups in total. The second kappa shape index (κ2) is 6.74. The first-order valence-electron chi connectivity index (χ1n) is 7.31. The predicted octanol–water partition coefficient (Wildman–Crippen LogP) is 1.95. The number of hydrogen-bond donors (Lipinski definition) is 1. The van der Waals surface area contributed by atoms with Gasteiger partial charge >= 0.3 is 0 Å². The molecule has 22 heavy (non-hydrogen) atoms. The molecule has 1 aliphatic heterocycles. The van der Waals surface area contributed by atoms with E-state index in [1.165, 1.54) is 11.3 Å². The van der Waals surface area contributed by atoms with E-state index >= 15 is 0 Å². The Morgan fingerprint density at radius 1 is 1.50 bits per heavy atom. The van der Waals surface area contributed by atoms with Gasteiger partial charge in [-0.25, -0.2) is 9.97 Å². The number of anilines is 1. The molecule has 116 valence electrons. The third-order valence-corrected chi connectivity index (χ3v) is 4.36. The minimum atomic E-state index is -0.00831. The highest BCUT2D eigenvalue weighted by Crippen LogP contribution is 2.26. The zero-order valence-electron chi connectivity index (χ0n) is 12.4. The fourth-order valence-corrected chi connectivity index (χ4v) is 3.13. The number of amides is 1. The van der Waals surface area contributed by atoms with Gasteiger partial charge in [0.25, 0.3) is 11.8 Å². The van der Waals surface area contributed by atoms with Gasteiger partial charge in [-0.1, -0.05) is 6.07 Å². The highest BCUT2D eigenvalue weighted by Gasteiger charge is 2.27. The third-order valence-electron chi connectivity index (χ3n) is 3.50. The maximum Gasteiger partial charge on any atom is 0.261 e. The second-order valence-corrected chi connectivity index (χ2v) is 5.95. The Bertz CT molecular complexity index is 632. The van der Waals surface area contributed by atoms with Crippen LogP contribution in [0.2, 0.25) is 0 Å². The molecule has 0 aliphatic carbocycles. The van der Waals surface area contributed by atoms with E-state index in [1.807, 2.05) is 24.4 Å². The normalized spacial score (nSPS) is 17.5. The quantitative estimate of drug-likeness (QED) is 0.912. The number of aromatic nitrogens is 2. The van der Waals surface area contributed by atoms with Gasteiger partial charge in [0.2, 0.25) is 0 Å². The van der Waals surface area contributed by atoms with E-state index in [9.17, 15) is 4.79 Å². The van der Waals surface area contributed by atoms with Gasteiger partial charge in [0.1, 0.15) is 0 Å². The summed E-state index contributed by atoms with van der Waals surface area (Å²) < 4.78 is 5.52. The minimum Gasteiger partial charge on any atom is -0.475 e. The molecule has 7 heteroatoms. The van der Waals surface area contributed by atoms with E-state index in [2.05, 4.69) is 20.2 Å². The van der Waals surface area contributed by atoms with Crippen molar-refractivity contribution in [1.82, 2.24) is 15.3 Å². The standard InChI is InChI=1S/C15H18N4O2S/c1-2-21-15-13(16-6-7-17-15)19-8-5-11(10-19)18-14(20)12-4-3-9-22-12/h3-4,6-7,9,11H,2,5,8,10H2,1H3,(H,18,20). The van der Waals surface area contributed by atoms with Crippen molar-refractivity contribution in [3.8, 4) is 5.88 Å². The smallest absolute Gasteiger partial charge is 0.261 e. The molecule has 0 saturated carbocycles. The van der Waals surface area contributed by atoms with E-state index < -0.39 is 0 Å². The van der Waals surface area contributed by atoms with E-state index in [-0.39, 0.29) is 11.9 Å². The summed E-state index contributed by atoms with van der Waals surface area (Å²) in [7, 11) is 0. The number of carbonyl (C=O) groups excluding carboxylic acids is 1. The number of rotatable bonds is 5. The lowest BCUT2D eigenvalue weighted by Gasteiger charge is -2.19. The molecule has 1 amide bonds. The average molecular weight is 318 g/mol. The molecular weight excluding hydrogens is 300 g/mol. The summed E-state index contributed by atoms with van der Waals surface area (Å²) in [6.07, 6.45) is 4.18. The SMILES string of the molecule is CCOc1nccnc1N1CCC(NC(=O)c2cccs2)C1. The van der Waals surface area contributed by atoms with Gasteiger partial charge in [-0.2, -0.15) is 0 Å². The predicted molar refractivity (Wildman–Crippen MR) is 85.6 cm³/mol. The van der Waals surface area contributed by atoms with E-state index in [0.717, 1.165) is 30.2 Å². The van der Waals surface area contributed by atoms with Crippen LogP contribution in [-0.2, 0) is 0 Å². The summed E-state index contributed by atoms with van der Waals surface area (Å²) in [6, 6.07) is 3.84. The fourth-order valence-electron chi connectivity index (χ4n) is 2.51. The molecule has 6 nitrogen and oxygen atoms in total. The molecule has 1 saturated heterocycles. The highest BCUT2D eigenvalue weighted by molar-refractivity contribution is 7.12. The van der Waals surface area contributed by atoms with Crippen molar-refractivity contribution in [3.05, 3.63) is 34.8 Å². The molecule has 3 heterocycles. The molecular formula is C15H18N4O2S. The van der Waals surface area contributed by atoms with Crippen molar-refractivity contribution in [1.29, 1.82) is 0 Å². The van der Waals surface area contributed by atoms with Crippen LogP contribution in [0.1, 0.15) is 23.0 Å². The summed E-state index contributed by atoms with van der Waals surface area (Å²) in [4.78, 5) is 23.6. The van der Waals surface area contributed by atoms with Gasteiger partial charge in [0.05, 0.1) is 11.5 Å². The summed E-state index contributed by atoms with van der Waals surface area (Å²) in [5.41, 5.74) is 0. The fraction of sp³-hybridized carbons (Fsp3) is 0.400. The van der Waals surface area contributed by atoms with E-state index in [4.69, 9.17) is 4.74 Å². The van der Waals surface area contributed by atoms with Gasteiger partial charge in [0, 0.05) is 31.5 Å². The number of thiophene rings is 1. The Labute approximate surface area is 133 Å². The van der Waals surface area contributed by atoms with Crippen LogP contribution >= 0.6 is 11.3 Å². The first kappa shape index (κ1) is 14.8. The zero-order valence-corrected chi connectivity index (χ0v) is 13.2. The van der Waals surface area contributed by atoms with Crippen LogP contribution in [0.25, 0.3) is 0 Å². The van der Waals surface area contributed by atoms with Crippen molar-refractivity contribution < 1.29 is 9.53 Å². The van der Waals surface area contributed by atoms with Gasteiger partial charge in [-0.3, -0.25) is 4.79 Å². The Morgan fingerprint density at radius 2 is 2.36 bits per heavy atom. The van der Waals surface area contributed by atoms with Crippen LogP contribution in [0.5, 0.6) is 5.88 Å². The van der Waals surface area contributed by atoms with Gasteiger partial charge in [-0.15, -0.1) is 11.3 Å². The second-order valence-electron chi connectivity index (χ2n) is 5.00. The number of ether oxygens (including phenoxy) is 1. The molecule has 1 unspecified atom stereocenters. The summed E-state index contributed by atoms with van der Waals surface area (Å²) in [6.45, 7) is 4.02. The molecule has 1 fully saturated rings. The summed E-state index contributed by atoms with van der Waals surface area (Å²) >= 11 is 1.45. The van der Waals surface area contributed by atoms with E-state index in [1.54, 1.807) is 12.4 Å². The lowest BCUT2D eigenvalue weighted by atomic mass is 10.2. The third kappa shape index (κ3) is 3.19. The van der Waals surface area contributed by atoms with Crippen LogP contribution in [0.4, 0.5) is 5.82 Å². The topological polar surface area (TPSA) is 67.4 Å². The van der Waals surface area contributed by atoms with Crippen molar-refractivity contribution in [3.63, 3.8) is 0 Å². The van der Waals surface area contributed by atoms with Crippen LogP contribution in [0.3, 0.4) is 0 Å². The summed E-state index contributed by atoms with van der Waals surface area (Å²) in [5, 5.41) is 4.98. The number of nitrogens with zero attached hydrogens (tertiary/aromatic N) is 3. The van der Waals surface area contributed by atoms with Crippen molar-refractivity contribution in [2.45, 2.75) is 19.4 Å². The highest BCUT2D eigenvalue weighted by atomic mass is 32.1. The number of hydrogen-bond acceptors (Lipinski definition) is 6. The van der Waals surface area contributed by atoms with E-state index in [0.29, 0.717) is 12.5 Å². The number of nitrogens with one attached hydrogen (secondary N) is 1. The maximum atomic E-state index is 12.1. The Hall–Kier alpha value is -2.15. The first-order chi connectivity index (χ1) is 10.8. The van der Waals surface area contributed by atoms with Gasteiger partial charge in [-0.05, 0) is 24.8 Å². The van der Waals surface area contributed by atoms with Crippen LogP contribution in [0.15, 0.2) is 29.9 Å². The van der Waals surface area contributed by atoms with Gasteiger partial charge in [0.15, 0.2) is 5.82 Å². The lowest BCUT2D eigenvalue weighted by molar-refractivity contribution is 0.0944. The molecule has 0 radical (unpaired) electrons. The largest absolute Gasteiger partial charge is 0.475 e.